The average Bonchev–Trinajstić information content (AvgIpc) is 2.63. The summed E-state index contributed by atoms with van der Waals surface area (Å²) in [7, 11) is 0. The summed E-state index contributed by atoms with van der Waals surface area (Å²) in [5.41, 5.74) is -6.78. The van der Waals surface area contributed by atoms with Gasteiger partial charge < -0.3 is 9.72 Å². The van der Waals surface area contributed by atoms with Crippen LogP contribution in [0.5, 0.6) is 11.6 Å². The van der Waals surface area contributed by atoms with Crippen molar-refractivity contribution < 1.29 is 35.5 Å². The summed E-state index contributed by atoms with van der Waals surface area (Å²) >= 11 is 5.80. The van der Waals surface area contributed by atoms with Gasteiger partial charge in [-0.25, -0.2) is 18.7 Å². The standard InChI is InChI=1S/C17H7ClF7N3O3/c18-8-4-9(19)10(28-14(29)6-12(17(23,24)25)27-15(28)30)5-11(8)31-13-3-7(1-2-26-13)16(20,21)22/h1-6H,(H,27,30). The summed E-state index contributed by atoms with van der Waals surface area (Å²) in [6.45, 7) is 0. The summed E-state index contributed by atoms with van der Waals surface area (Å²) in [4.78, 5) is 29.0. The third kappa shape index (κ3) is 4.71. The van der Waals surface area contributed by atoms with E-state index in [2.05, 4.69) is 4.98 Å². The lowest BCUT2D eigenvalue weighted by atomic mass is 10.2. The number of benzene rings is 1. The van der Waals surface area contributed by atoms with Crippen molar-refractivity contribution in [2.24, 2.45) is 0 Å². The van der Waals surface area contributed by atoms with Crippen LogP contribution in [0.25, 0.3) is 5.69 Å². The monoisotopic (exact) mass is 469 g/mol. The molecular weight excluding hydrogens is 463 g/mol. The van der Waals surface area contributed by atoms with Crippen molar-refractivity contribution in [3.05, 3.63) is 79.5 Å². The zero-order chi connectivity index (χ0) is 23.1. The molecule has 6 nitrogen and oxygen atoms in total. The highest BCUT2D eigenvalue weighted by atomic mass is 35.5. The van der Waals surface area contributed by atoms with Crippen LogP contribution in [0, 0.1) is 5.82 Å². The first kappa shape index (κ1) is 22.3. The Morgan fingerprint density at radius 1 is 1.00 bits per heavy atom. The number of H-pyrrole nitrogens is 1. The Bertz CT molecular complexity index is 1230. The van der Waals surface area contributed by atoms with Crippen molar-refractivity contribution in [1.29, 1.82) is 0 Å². The van der Waals surface area contributed by atoms with Crippen LogP contribution < -0.4 is 16.0 Å². The van der Waals surface area contributed by atoms with Crippen molar-refractivity contribution in [2.75, 3.05) is 0 Å². The van der Waals surface area contributed by atoms with Crippen LogP contribution in [-0.2, 0) is 12.4 Å². The molecule has 1 aromatic carbocycles. The van der Waals surface area contributed by atoms with Gasteiger partial charge in [-0.1, -0.05) is 11.6 Å². The normalized spacial score (nSPS) is 12.1. The fourth-order valence-electron chi connectivity index (χ4n) is 2.40. The molecule has 0 amide bonds. The first-order valence-corrected chi connectivity index (χ1v) is 8.29. The van der Waals surface area contributed by atoms with Crippen molar-refractivity contribution in [2.45, 2.75) is 12.4 Å². The number of aromatic nitrogens is 3. The topological polar surface area (TPSA) is 77.0 Å². The summed E-state index contributed by atoms with van der Waals surface area (Å²) in [5.74, 6) is -2.42. The van der Waals surface area contributed by atoms with E-state index in [4.69, 9.17) is 16.3 Å². The molecule has 31 heavy (non-hydrogen) atoms. The van der Waals surface area contributed by atoms with Gasteiger partial charge in [0.15, 0.2) is 0 Å². The fourth-order valence-corrected chi connectivity index (χ4v) is 2.59. The minimum atomic E-state index is -5.04. The number of nitrogens with one attached hydrogen (secondary N) is 1. The van der Waals surface area contributed by atoms with Gasteiger partial charge in [0.1, 0.15) is 17.3 Å². The van der Waals surface area contributed by atoms with Gasteiger partial charge in [-0.15, -0.1) is 0 Å². The van der Waals surface area contributed by atoms with E-state index in [0.29, 0.717) is 24.3 Å². The molecule has 164 valence electrons. The van der Waals surface area contributed by atoms with E-state index in [-0.39, 0.29) is 10.6 Å². The van der Waals surface area contributed by atoms with Crippen molar-refractivity contribution >= 4 is 11.6 Å². The fraction of sp³-hybridized carbons (Fsp3) is 0.118. The van der Waals surface area contributed by atoms with Crippen LogP contribution in [0.3, 0.4) is 0 Å². The molecule has 0 aliphatic carbocycles. The van der Waals surface area contributed by atoms with Gasteiger partial charge >= 0.3 is 18.0 Å². The van der Waals surface area contributed by atoms with E-state index < -0.39 is 63.0 Å². The molecule has 0 fully saturated rings. The molecule has 3 rings (SSSR count). The number of hydrogen-bond donors (Lipinski definition) is 1. The van der Waals surface area contributed by atoms with E-state index in [1.54, 1.807) is 0 Å². The smallest absolute Gasteiger partial charge is 0.431 e. The van der Waals surface area contributed by atoms with Crippen LogP contribution in [0.2, 0.25) is 5.02 Å². The second kappa shape index (κ2) is 7.72. The van der Waals surface area contributed by atoms with Crippen molar-refractivity contribution in [3.63, 3.8) is 0 Å². The van der Waals surface area contributed by atoms with Crippen LogP contribution in [0.15, 0.2) is 46.1 Å². The zero-order valence-electron chi connectivity index (χ0n) is 14.6. The van der Waals surface area contributed by atoms with Gasteiger partial charge in [0.2, 0.25) is 5.88 Å². The predicted octanol–water partition coefficient (Wildman–Crippen LogP) is 4.54. The van der Waals surface area contributed by atoms with Gasteiger partial charge in [0.25, 0.3) is 5.56 Å². The molecular formula is C17H7ClF7N3O3. The van der Waals surface area contributed by atoms with E-state index in [9.17, 15) is 40.3 Å². The minimum absolute atomic E-state index is 0.0321. The van der Waals surface area contributed by atoms with Gasteiger partial charge in [0, 0.05) is 24.4 Å². The number of rotatable bonds is 3. The number of halogens is 8. The molecule has 0 saturated carbocycles. The Labute approximate surface area is 171 Å². The lowest BCUT2D eigenvalue weighted by molar-refractivity contribution is -0.141. The molecule has 2 heterocycles. The maximum atomic E-state index is 14.3. The molecule has 3 aromatic rings. The van der Waals surface area contributed by atoms with Crippen LogP contribution >= 0.6 is 11.6 Å². The predicted molar refractivity (Wildman–Crippen MR) is 91.9 cm³/mol. The Morgan fingerprint density at radius 3 is 2.26 bits per heavy atom. The number of pyridine rings is 1. The summed E-state index contributed by atoms with van der Waals surface area (Å²) < 4.78 is 96.1. The van der Waals surface area contributed by atoms with E-state index >= 15 is 0 Å². The molecule has 0 aliphatic heterocycles. The second-order valence-corrected chi connectivity index (χ2v) is 6.28. The first-order chi connectivity index (χ1) is 14.3. The quantitative estimate of drug-likeness (QED) is 0.571. The molecule has 0 bridgehead atoms. The van der Waals surface area contributed by atoms with Crippen LogP contribution in [0.4, 0.5) is 30.7 Å². The van der Waals surface area contributed by atoms with Gasteiger partial charge in [-0.2, -0.15) is 26.3 Å². The molecule has 2 aromatic heterocycles. The zero-order valence-corrected chi connectivity index (χ0v) is 15.4. The number of aromatic amines is 1. The third-order valence-corrected chi connectivity index (χ3v) is 4.05. The number of ether oxygens (including phenoxy) is 1. The maximum absolute atomic E-state index is 14.3. The number of nitrogens with zero attached hydrogens (tertiary/aromatic N) is 2. The highest BCUT2D eigenvalue weighted by Gasteiger charge is 2.33. The molecule has 1 N–H and O–H groups in total. The van der Waals surface area contributed by atoms with Crippen LogP contribution in [0.1, 0.15) is 11.3 Å². The third-order valence-electron chi connectivity index (χ3n) is 3.76. The average molecular weight is 470 g/mol. The molecule has 0 unspecified atom stereocenters. The Morgan fingerprint density at radius 2 is 1.68 bits per heavy atom. The largest absolute Gasteiger partial charge is 0.437 e. The van der Waals surface area contributed by atoms with E-state index in [1.807, 2.05) is 0 Å². The first-order valence-electron chi connectivity index (χ1n) is 7.91. The van der Waals surface area contributed by atoms with Crippen molar-refractivity contribution in [1.82, 2.24) is 14.5 Å². The maximum Gasteiger partial charge on any atom is 0.431 e. The van der Waals surface area contributed by atoms with Gasteiger partial charge in [0.05, 0.1) is 16.3 Å². The molecule has 14 heteroatoms. The Kier molecular flexibility index (Phi) is 5.56. The van der Waals surface area contributed by atoms with E-state index in [0.717, 1.165) is 6.20 Å². The highest BCUT2D eigenvalue weighted by Crippen LogP contribution is 2.35. The minimum Gasteiger partial charge on any atom is -0.437 e. The summed E-state index contributed by atoms with van der Waals surface area (Å²) in [6, 6.07) is 2.42. The second-order valence-electron chi connectivity index (χ2n) is 5.88. The van der Waals surface area contributed by atoms with Crippen molar-refractivity contribution in [3.8, 4) is 17.3 Å². The molecule has 0 spiro atoms. The number of hydrogen-bond acceptors (Lipinski definition) is 4. The van der Waals surface area contributed by atoms with Gasteiger partial charge in [-0.3, -0.25) is 4.79 Å². The molecule has 0 atom stereocenters. The lowest BCUT2D eigenvalue weighted by Crippen LogP contribution is -2.36. The SMILES string of the molecule is O=c1cc(C(F)(F)F)[nH]c(=O)n1-c1cc(Oc2cc(C(F)(F)F)ccn2)c(Cl)cc1F. The Balaban J connectivity index is 2.10. The van der Waals surface area contributed by atoms with Crippen LogP contribution in [-0.4, -0.2) is 14.5 Å². The Hall–Kier alpha value is -3.35. The summed E-state index contributed by atoms with van der Waals surface area (Å²) in [5, 5.41) is -0.475. The summed E-state index contributed by atoms with van der Waals surface area (Å²) in [6.07, 6.45) is -8.99. The van der Waals surface area contributed by atoms with E-state index in [1.165, 1.54) is 4.98 Å². The molecule has 0 aliphatic rings. The molecule has 0 saturated heterocycles. The van der Waals surface area contributed by atoms with Gasteiger partial charge in [-0.05, 0) is 12.1 Å². The highest BCUT2D eigenvalue weighted by molar-refractivity contribution is 6.32. The number of alkyl halides is 6. The molecule has 0 radical (unpaired) electrons. The lowest BCUT2D eigenvalue weighted by Gasteiger charge is -2.13.